The van der Waals surface area contributed by atoms with Gasteiger partial charge in [-0.25, -0.2) is 4.99 Å². The summed E-state index contributed by atoms with van der Waals surface area (Å²) in [7, 11) is 0. The Bertz CT molecular complexity index is 1050. The van der Waals surface area contributed by atoms with Gasteiger partial charge < -0.3 is 5.32 Å². The second kappa shape index (κ2) is 7.72. The minimum Gasteiger partial charge on any atom is -0.300 e. The molecule has 1 aromatic heterocycles. The summed E-state index contributed by atoms with van der Waals surface area (Å²) in [4.78, 5) is 18.5. The molecule has 1 amide bonds. The first kappa shape index (κ1) is 18.0. The van der Waals surface area contributed by atoms with Crippen LogP contribution in [0.25, 0.3) is 16.5 Å². The third kappa shape index (κ3) is 4.33. The van der Waals surface area contributed by atoms with Crippen molar-refractivity contribution in [1.82, 2.24) is 5.32 Å². The van der Waals surface area contributed by atoms with Crippen molar-refractivity contribution in [2.45, 2.75) is 6.92 Å². The fourth-order valence-corrected chi connectivity index (χ4v) is 4.36. The topological polar surface area (TPSA) is 41.5 Å². The van der Waals surface area contributed by atoms with Crippen LogP contribution >= 0.6 is 34.7 Å². The van der Waals surface area contributed by atoms with Crippen LogP contribution in [-0.2, 0) is 4.79 Å². The van der Waals surface area contributed by atoms with E-state index in [4.69, 9.17) is 11.6 Å². The van der Waals surface area contributed by atoms with Gasteiger partial charge in [-0.2, -0.15) is 0 Å². The Labute approximate surface area is 170 Å². The maximum absolute atomic E-state index is 12.2. The van der Waals surface area contributed by atoms with E-state index in [1.165, 1.54) is 17.3 Å². The fraction of sp³-hybridized carbons (Fsp3) is 0.0476. The van der Waals surface area contributed by atoms with Crippen LogP contribution in [0.15, 0.2) is 69.9 Å². The van der Waals surface area contributed by atoms with Gasteiger partial charge in [0.15, 0.2) is 5.17 Å². The number of carbonyl (C=O) groups is 1. The minimum absolute atomic E-state index is 0.118. The van der Waals surface area contributed by atoms with Crippen LogP contribution < -0.4 is 5.32 Å². The molecule has 0 aliphatic carbocycles. The van der Waals surface area contributed by atoms with Crippen molar-refractivity contribution in [3.05, 3.63) is 81.0 Å². The minimum atomic E-state index is -0.118. The molecule has 1 N–H and O–H groups in total. The zero-order valence-corrected chi connectivity index (χ0v) is 16.8. The number of benzene rings is 2. The molecule has 0 spiro atoms. The largest absolute Gasteiger partial charge is 0.300 e. The molecular formula is C21H15ClN2OS2. The summed E-state index contributed by atoms with van der Waals surface area (Å²) in [5.41, 5.74) is 4.11. The van der Waals surface area contributed by atoms with Crippen molar-refractivity contribution >= 4 is 57.5 Å². The fourth-order valence-electron chi connectivity index (χ4n) is 2.56. The standard InChI is InChI=1S/C21H15ClN2OS2/c1-13-2-4-14(5-3-13)10-19-20(25)24-21(27-19)23-17-11-18(26-12-17)15-6-8-16(22)9-7-15/h2-12H,1H3,(H,23,24,25)/b19-10-. The van der Waals surface area contributed by atoms with Gasteiger partial charge in [0.05, 0.1) is 10.6 Å². The molecule has 4 rings (SSSR count). The number of nitrogens with zero attached hydrogens (tertiary/aromatic N) is 1. The van der Waals surface area contributed by atoms with Gasteiger partial charge in [-0.15, -0.1) is 11.3 Å². The van der Waals surface area contributed by atoms with E-state index < -0.39 is 0 Å². The molecule has 1 fully saturated rings. The number of thiophene rings is 1. The molecule has 2 heterocycles. The van der Waals surface area contributed by atoms with E-state index >= 15 is 0 Å². The molecule has 0 radical (unpaired) electrons. The quantitative estimate of drug-likeness (QED) is 0.517. The molecule has 6 heteroatoms. The van der Waals surface area contributed by atoms with Gasteiger partial charge in [-0.05, 0) is 54.1 Å². The maximum atomic E-state index is 12.2. The molecule has 1 aliphatic heterocycles. The Balaban J connectivity index is 1.53. The third-order valence-corrected chi connectivity index (χ3v) is 6.10. The molecule has 3 aromatic rings. The van der Waals surface area contributed by atoms with Crippen LogP contribution in [0.3, 0.4) is 0 Å². The summed E-state index contributed by atoms with van der Waals surface area (Å²) in [6.07, 6.45) is 1.88. The first-order valence-electron chi connectivity index (χ1n) is 8.27. The first-order valence-corrected chi connectivity index (χ1v) is 10.3. The van der Waals surface area contributed by atoms with Crippen molar-refractivity contribution in [3.63, 3.8) is 0 Å². The second-order valence-electron chi connectivity index (χ2n) is 6.07. The third-order valence-electron chi connectivity index (χ3n) is 3.97. The van der Waals surface area contributed by atoms with Gasteiger partial charge in [0, 0.05) is 15.3 Å². The summed E-state index contributed by atoms with van der Waals surface area (Å²) in [6, 6.07) is 17.8. The number of hydrogen-bond acceptors (Lipinski definition) is 4. The van der Waals surface area contributed by atoms with Crippen molar-refractivity contribution in [3.8, 4) is 10.4 Å². The van der Waals surface area contributed by atoms with Gasteiger partial charge in [0.25, 0.3) is 5.91 Å². The molecule has 2 aromatic carbocycles. The lowest BCUT2D eigenvalue weighted by Crippen LogP contribution is -2.19. The van der Waals surface area contributed by atoms with Crippen molar-refractivity contribution in [2.75, 3.05) is 0 Å². The number of nitrogens with one attached hydrogen (secondary N) is 1. The van der Waals surface area contributed by atoms with E-state index in [0.717, 1.165) is 21.7 Å². The van der Waals surface area contributed by atoms with E-state index in [0.29, 0.717) is 15.1 Å². The number of amides is 1. The summed E-state index contributed by atoms with van der Waals surface area (Å²) < 4.78 is 0. The molecule has 27 heavy (non-hydrogen) atoms. The van der Waals surface area contributed by atoms with E-state index in [2.05, 4.69) is 10.3 Å². The number of thioether (sulfide) groups is 1. The Morgan fingerprint density at radius 1 is 1.07 bits per heavy atom. The van der Waals surface area contributed by atoms with Crippen molar-refractivity contribution in [1.29, 1.82) is 0 Å². The summed E-state index contributed by atoms with van der Waals surface area (Å²) in [6.45, 7) is 2.04. The van der Waals surface area contributed by atoms with Crippen LogP contribution in [0.1, 0.15) is 11.1 Å². The van der Waals surface area contributed by atoms with Gasteiger partial charge in [0.2, 0.25) is 0 Å². The molecule has 1 saturated heterocycles. The predicted molar refractivity (Wildman–Crippen MR) is 117 cm³/mol. The second-order valence-corrected chi connectivity index (χ2v) is 8.45. The van der Waals surface area contributed by atoms with Gasteiger partial charge in [-0.3, -0.25) is 4.79 Å². The lowest BCUT2D eigenvalue weighted by molar-refractivity contribution is -0.115. The lowest BCUT2D eigenvalue weighted by atomic mass is 10.1. The first-order chi connectivity index (χ1) is 13.1. The highest BCUT2D eigenvalue weighted by molar-refractivity contribution is 8.18. The average molecular weight is 411 g/mol. The SMILES string of the molecule is Cc1ccc(/C=C2\SC(=Nc3csc(-c4ccc(Cl)cc4)c3)NC2=O)cc1. The van der Waals surface area contributed by atoms with E-state index in [9.17, 15) is 4.79 Å². The van der Waals surface area contributed by atoms with Crippen molar-refractivity contribution < 1.29 is 4.79 Å². The van der Waals surface area contributed by atoms with Crippen LogP contribution in [0.5, 0.6) is 0 Å². The van der Waals surface area contributed by atoms with Gasteiger partial charge >= 0.3 is 0 Å². The van der Waals surface area contributed by atoms with Crippen LogP contribution in [0.2, 0.25) is 5.02 Å². The Kier molecular flexibility index (Phi) is 5.16. The Hall–Kier alpha value is -2.34. The number of amidine groups is 1. The number of rotatable bonds is 3. The molecule has 0 unspecified atom stereocenters. The summed E-state index contributed by atoms with van der Waals surface area (Å²) >= 11 is 8.91. The highest BCUT2D eigenvalue weighted by Crippen LogP contribution is 2.34. The Morgan fingerprint density at radius 3 is 2.56 bits per heavy atom. The van der Waals surface area contributed by atoms with Gasteiger partial charge in [0.1, 0.15) is 0 Å². The normalized spacial score (nSPS) is 16.9. The smallest absolute Gasteiger partial charge is 0.264 e. The number of hydrogen-bond donors (Lipinski definition) is 1. The number of carbonyl (C=O) groups excluding carboxylic acids is 1. The average Bonchev–Trinajstić information content (AvgIpc) is 3.25. The highest BCUT2D eigenvalue weighted by Gasteiger charge is 2.23. The van der Waals surface area contributed by atoms with Crippen molar-refractivity contribution in [2.24, 2.45) is 4.99 Å². The van der Waals surface area contributed by atoms with Gasteiger partial charge in [-0.1, -0.05) is 53.6 Å². The molecule has 3 nitrogen and oxygen atoms in total. The monoisotopic (exact) mass is 410 g/mol. The number of halogens is 1. The molecule has 1 aliphatic rings. The Morgan fingerprint density at radius 2 is 1.81 bits per heavy atom. The van der Waals surface area contributed by atoms with Crippen LogP contribution in [-0.4, -0.2) is 11.1 Å². The van der Waals surface area contributed by atoms with Crippen LogP contribution in [0.4, 0.5) is 5.69 Å². The number of aryl methyl sites for hydroxylation is 1. The lowest BCUT2D eigenvalue weighted by Gasteiger charge is -1.96. The van der Waals surface area contributed by atoms with Crippen LogP contribution in [0, 0.1) is 6.92 Å². The molecule has 0 atom stereocenters. The van der Waals surface area contributed by atoms with E-state index in [-0.39, 0.29) is 5.91 Å². The molecule has 0 bridgehead atoms. The van der Waals surface area contributed by atoms with E-state index in [1.54, 1.807) is 11.3 Å². The number of aliphatic imine (C=N–C) groups is 1. The maximum Gasteiger partial charge on any atom is 0.264 e. The zero-order valence-electron chi connectivity index (χ0n) is 14.4. The molecule has 134 valence electrons. The summed E-state index contributed by atoms with van der Waals surface area (Å²) in [5.74, 6) is -0.118. The zero-order chi connectivity index (χ0) is 18.8. The summed E-state index contributed by atoms with van der Waals surface area (Å²) in [5, 5.41) is 6.12. The molecule has 0 saturated carbocycles. The van der Waals surface area contributed by atoms with E-state index in [1.807, 2.05) is 73.0 Å². The highest BCUT2D eigenvalue weighted by atomic mass is 35.5. The molecular weight excluding hydrogens is 396 g/mol. The predicted octanol–water partition coefficient (Wildman–Crippen LogP) is 6.27.